The summed E-state index contributed by atoms with van der Waals surface area (Å²) in [6.07, 6.45) is 1.58. The number of nitrogen functional groups attached to an aromatic ring is 1. The van der Waals surface area contributed by atoms with E-state index in [9.17, 15) is 0 Å². The lowest BCUT2D eigenvalue weighted by molar-refractivity contribution is 0.568. The molecule has 0 aliphatic rings. The topological polar surface area (TPSA) is 43.8 Å². The molecule has 0 bridgehead atoms. The van der Waals surface area contributed by atoms with E-state index in [2.05, 4.69) is 57.1 Å². The van der Waals surface area contributed by atoms with Gasteiger partial charge in [-0.25, -0.2) is 4.68 Å². The van der Waals surface area contributed by atoms with Gasteiger partial charge in [-0.3, -0.25) is 0 Å². The van der Waals surface area contributed by atoms with Crippen molar-refractivity contribution >= 4 is 17.4 Å². The Morgan fingerprint density at radius 1 is 1.21 bits per heavy atom. The fourth-order valence-corrected chi connectivity index (χ4v) is 2.19. The average molecular weight is 278 g/mol. The summed E-state index contributed by atoms with van der Waals surface area (Å²) in [5.41, 5.74) is 8.55. The average Bonchev–Trinajstić information content (AvgIpc) is 2.68. The molecule has 0 radical (unpaired) electrons. The van der Waals surface area contributed by atoms with Crippen LogP contribution in [0.5, 0.6) is 0 Å². The van der Waals surface area contributed by atoms with E-state index in [0.29, 0.717) is 10.8 Å². The Bertz CT molecular complexity index is 564. The van der Waals surface area contributed by atoms with Crippen molar-refractivity contribution in [2.45, 2.75) is 39.2 Å². The number of nitrogens with two attached hydrogens (primary N) is 1. The minimum atomic E-state index is 0.0709. The maximum atomic E-state index is 5.94. The summed E-state index contributed by atoms with van der Waals surface area (Å²) in [5, 5.41) is 4.72. The summed E-state index contributed by atoms with van der Waals surface area (Å²) in [6.45, 7) is 8.68. The zero-order valence-corrected chi connectivity index (χ0v) is 12.6. The van der Waals surface area contributed by atoms with E-state index in [1.807, 2.05) is 0 Å². The van der Waals surface area contributed by atoms with Crippen LogP contribution in [-0.2, 0) is 5.41 Å². The number of hydrogen-bond donors (Lipinski definition) is 1. The normalized spacial score (nSPS) is 13.5. The number of hydrogen-bond acceptors (Lipinski definition) is 2. The number of anilines is 1. The van der Waals surface area contributed by atoms with Gasteiger partial charge in [0.2, 0.25) is 0 Å². The highest BCUT2D eigenvalue weighted by Gasteiger charge is 2.16. The van der Waals surface area contributed by atoms with E-state index >= 15 is 0 Å². The van der Waals surface area contributed by atoms with E-state index in [0.717, 1.165) is 0 Å². The van der Waals surface area contributed by atoms with Gasteiger partial charge in [-0.2, -0.15) is 5.10 Å². The van der Waals surface area contributed by atoms with Crippen LogP contribution in [-0.4, -0.2) is 9.78 Å². The molecule has 0 aliphatic carbocycles. The molecule has 1 atom stereocenters. The number of rotatable bonds is 2. The summed E-state index contributed by atoms with van der Waals surface area (Å²) in [7, 11) is 0. The molecule has 2 aromatic rings. The molecular formula is C15H20ClN3. The molecule has 1 aromatic carbocycles. The summed E-state index contributed by atoms with van der Waals surface area (Å²) >= 11 is 5.94. The van der Waals surface area contributed by atoms with Gasteiger partial charge >= 0.3 is 0 Å². The molecule has 3 nitrogen and oxygen atoms in total. The van der Waals surface area contributed by atoms with Crippen LogP contribution in [0, 0.1) is 0 Å². The number of halogens is 1. The molecule has 0 aliphatic heterocycles. The third kappa shape index (κ3) is 2.76. The van der Waals surface area contributed by atoms with Crippen molar-refractivity contribution in [2.24, 2.45) is 0 Å². The van der Waals surface area contributed by atoms with Gasteiger partial charge in [-0.15, -0.1) is 0 Å². The maximum absolute atomic E-state index is 5.94. The van der Waals surface area contributed by atoms with Crippen LogP contribution >= 0.6 is 11.6 Å². The Morgan fingerprint density at radius 2 is 1.79 bits per heavy atom. The Labute approximate surface area is 119 Å². The minimum Gasteiger partial charge on any atom is -0.383 e. The molecule has 2 rings (SSSR count). The SMILES string of the molecule is CC(c1ccc(C(C)(C)C)cc1)n1ncc(Cl)c1N. The van der Waals surface area contributed by atoms with Crippen molar-refractivity contribution in [3.8, 4) is 0 Å². The van der Waals surface area contributed by atoms with Gasteiger partial charge in [-0.1, -0.05) is 56.6 Å². The molecule has 19 heavy (non-hydrogen) atoms. The van der Waals surface area contributed by atoms with Gasteiger partial charge in [-0.05, 0) is 23.5 Å². The van der Waals surface area contributed by atoms with E-state index < -0.39 is 0 Å². The smallest absolute Gasteiger partial charge is 0.141 e. The van der Waals surface area contributed by atoms with E-state index in [4.69, 9.17) is 17.3 Å². The second-order valence-corrected chi connectivity index (χ2v) is 6.28. The summed E-state index contributed by atoms with van der Waals surface area (Å²) in [4.78, 5) is 0. The highest BCUT2D eigenvalue weighted by Crippen LogP contribution is 2.27. The zero-order chi connectivity index (χ0) is 14.2. The Morgan fingerprint density at radius 3 is 2.21 bits per heavy atom. The Balaban J connectivity index is 2.30. The molecule has 0 spiro atoms. The number of aromatic nitrogens is 2. The van der Waals surface area contributed by atoms with Crippen LogP contribution in [0.15, 0.2) is 30.5 Å². The van der Waals surface area contributed by atoms with Gasteiger partial charge in [0.1, 0.15) is 10.8 Å². The third-order valence-corrected chi connectivity index (χ3v) is 3.70. The fourth-order valence-electron chi connectivity index (χ4n) is 2.06. The molecule has 4 heteroatoms. The largest absolute Gasteiger partial charge is 0.383 e. The molecule has 0 saturated heterocycles. The lowest BCUT2D eigenvalue weighted by Gasteiger charge is -2.20. The van der Waals surface area contributed by atoms with E-state index in [-0.39, 0.29) is 11.5 Å². The Hall–Kier alpha value is -1.48. The monoisotopic (exact) mass is 277 g/mol. The van der Waals surface area contributed by atoms with E-state index in [1.54, 1.807) is 10.9 Å². The van der Waals surface area contributed by atoms with Crippen LogP contribution < -0.4 is 5.73 Å². The van der Waals surface area contributed by atoms with Crippen LogP contribution in [0.25, 0.3) is 0 Å². The Kier molecular flexibility index (Phi) is 3.59. The molecule has 1 unspecified atom stereocenters. The molecule has 102 valence electrons. The van der Waals surface area contributed by atoms with Gasteiger partial charge in [0, 0.05) is 0 Å². The highest BCUT2D eigenvalue weighted by atomic mass is 35.5. The third-order valence-electron chi connectivity index (χ3n) is 3.41. The highest BCUT2D eigenvalue weighted by molar-refractivity contribution is 6.32. The van der Waals surface area contributed by atoms with Gasteiger partial charge in [0.25, 0.3) is 0 Å². The first-order valence-electron chi connectivity index (χ1n) is 6.39. The zero-order valence-electron chi connectivity index (χ0n) is 11.8. The first kappa shape index (κ1) is 13.9. The molecule has 1 heterocycles. The van der Waals surface area contributed by atoms with E-state index in [1.165, 1.54) is 11.1 Å². The second-order valence-electron chi connectivity index (χ2n) is 5.87. The van der Waals surface area contributed by atoms with Crippen molar-refractivity contribution in [1.82, 2.24) is 9.78 Å². The lowest BCUT2D eigenvalue weighted by Crippen LogP contribution is -2.13. The van der Waals surface area contributed by atoms with Gasteiger partial charge in [0.05, 0.1) is 12.2 Å². The molecule has 1 aromatic heterocycles. The molecule has 2 N–H and O–H groups in total. The lowest BCUT2D eigenvalue weighted by atomic mass is 9.86. The molecular weight excluding hydrogens is 258 g/mol. The predicted octanol–water partition coefficient (Wildman–Crippen LogP) is 4.03. The van der Waals surface area contributed by atoms with Crippen molar-refractivity contribution in [3.63, 3.8) is 0 Å². The van der Waals surface area contributed by atoms with Crippen LogP contribution in [0.2, 0.25) is 5.02 Å². The second kappa shape index (κ2) is 4.89. The molecule has 0 fully saturated rings. The first-order valence-corrected chi connectivity index (χ1v) is 6.77. The van der Waals surface area contributed by atoms with Crippen molar-refractivity contribution < 1.29 is 0 Å². The first-order chi connectivity index (χ1) is 8.80. The predicted molar refractivity (Wildman–Crippen MR) is 80.6 cm³/mol. The van der Waals surface area contributed by atoms with Crippen LogP contribution in [0.1, 0.15) is 44.9 Å². The van der Waals surface area contributed by atoms with Gasteiger partial charge in [0.15, 0.2) is 0 Å². The van der Waals surface area contributed by atoms with Gasteiger partial charge < -0.3 is 5.73 Å². The molecule has 0 amide bonds. The van der Waals surface area contributed by atoms with Crippen molar-refractivity contribution in [2.75, 3.05) is 5.73 Å². The van der Waals surface area contributed by atoms with Crippen molar-refractivity contribution in [1.29, 1.82) is 0 Å². The number of benzene rings is 1. The molecule has 0 saturated carbocycles. The minimum absolute atomic E-state index is 0.0709. The summed E-state index contributed by atoms with van der Waals surface area (Å²) < 4.78 is 1.74. The maximum Gasteiger partial charge on any atom is 0.141 e. The van der Waals surface area contributed by atoms with Crippen LogP contribution in [0.3, 0.4) is 0 Å². The van der Waals surface area contributed by atoms with Crippen LogP contribution in [0.4, 0.5) is 5.82 Å². The summed E-state index contributed by atoms with van der Waals surface area (Å²) in [5.74, 6) is 0.508. The fraction of sp³-hybridized carbons (Fsp3) is 0.400. The summed E-state index contributed by atoms with van der Waals surface area (Å²) in [6, 6.07) is 8.64. The van der Waals surface area contributed by atoms with Crippen molar-refractivity contribution in [3.05, 3.63) is 46.6 Å². The standard InChI is InChI=1S/C15H20ClN3/c1-10(19-14(17)13(16)9-18-19)11-5-7-12(8-6-11)15(2,3)4/h5-10H,17H2,1-4H3. The number of nitrogens with zero attached hydrogens (tertiary/aromatic N) is 2. The quantitative estimate of drug-likeness (QED) is 0.901.